The lowest BCUT2D eigenvalue weighted by atomic mass is 10.0. The standard InChI is InChI=1S/C19H29N3OS/c1-3-4-5-7-14(2)13-20-19(24)22-21-18(23)17-11-10-15-8-6-9-16(15)12-17/h10-12,14H,3-9,13H2,1-2H3,(H,21,23)(H2,20,22,24)/t14-/m1/s1. The Morgan fingerprint density at radius 3 is 2.79 bits per heavy atom. The minimum absolute atomic E-state index is 0.148. The molecular formula is C19H29N3OS. The minimum Gasteiger partial charge on any atom is -0.361 e. The lowest BCUT2D eigenvalue weighted by molar-refractivity contribution is 0.0943. The molecule has 0 radical (unpaired) electrons. The first-order valence-electron chi connectivity index (χ1n) is 9.06. The van der Waals surface area contributed by atoms with E-state index in [-0.39, 0.29) is 5.91 Å². The Labute approximate surface area is 150 Å². The van der Waals surface area contributed by atoms with Crippen molar-refractivity contribution >= 4 is 23.2 Å². The van der Waals surface area contributed by atoms with Crippen molar-refractivity contribution in [2.45, 2.75) is 58.8 Å². The van der Waals surface area contributed by atoms with Crippen molar-refractivity contribution in [1.29, 1.82) is 0 Å². The summed E-state index contributed by atoms with van der Waals surface area (Å²) in [6, 6.07) is 5.94. The molecule has 0 heterocycles. The summed E-state index contributed by atoms with van der Waals surface area (Å²) in [6.45, 7) is 5.25. The smallest absolute Gasteiger partial charge is 0.269 e. The number of hydrogen-bond acceptors (Lipinski definition) is 2. The van der Waals surface area contributed by atoms with Gasteiger partial charge in [0, 0.05) is 12.1 Å². The maximum Gasteiger partial charge on any atom is 0.269 e. The van der Waals surface area contributed by atoms with Gasteiger partial charge in [-0.15, -0.1) is 0 Å². The van der Waals surface area contributed by atoms with E-state index in [4.69, 9.17) is 12.2 Å². The summed E-state index contributed by atoms with van der Waals surface area (Å²) in [5, 5.41) is 3.63. The molecule has 0 spiro atoms. The van der Waals surface area contributed by atoms with E-state index in [1.165, 1.54) is 43.2 Å². The van der Waals surface area contributed by atoms with Crippen LogP contribution in [-0.2, 0) is 12.8 Å². The summed E-state index contributed by atoms with van der Waals surface area (Å²) >= 11 is 5.22. The van der Waals surface area contributed by atoms with Crippen LogP contribution < -0.4 is 16.2 Å². The molecule has 132 valence electrons. The third-order valence-electron chi connectivity index (χ3n) is 4.56. The highest BCUT2D eigenvalue weighted by Gasteiger charge is 2.14. The van der Waals surface area contributed by atoms with Crippen molar-refractivity contribution in [3.63, 3.8) is 0 Å². The highest BCUT2D eigenvalue weighted by atomic mass is 32.1. The third-order valence-corrected chi connectivity index (χ3v) is 4.81. The van der Waals surface area contributed by atoms with Crippen LogP contribution in [0.3, 0.4) is 0 Å². The highest BCUT2D eigenvalue weighted by molar-refractivity contribution is 7.80. The number of thiocarbonyl (C=S) groups is 1. The number of carbonyl (C=O) groups is 1. The van der Waals surface area contributed by atoms with Crippen LogP contribution in [0.1, 0.15) is 67.4 Å². The van der Waals surface area contributed by atoms with Crippen LogP contribution in [0.5, 0.6) is 0 Å². The number of fused-ring (bicyclic) bond motifs is 1. The normalized spacial score (nSPS) is 13.9. The second-order valence-corrected chi connectivity index (χ2v) is 7.14. The van der Waals surface area contributed by atoms with Crippen LogP contribution in [0.25, 0.3) is 0 Å². The van der Waals surface area contributed by atoms with Gasteiger partial charge >= 0.3 is 0 Å². The quantitative estimate of drug-likeness (QED) is 0.401. The first-order chi connectivity index (χ1) is 11.6. The molecule has 1 aliphatic rings. The molecule has 5 heteroatoms. The number of hydrogen-bond donors (Lipinski definition) is 3. The van der Waals surface area contributed by atoms with Gasteiger partial charge in [0.15, 0.2) is 5.11 Å². The van der Waals surface area contributed by atoms with Gasteiger partial charge in [-0.25, -0.2) is 0 Å². The molecule has 1 atom stereocenters. The molecule has 3 N–H and O–H groups in total. The summed E-state index contributed by atoms with van der Waals surface area (Å²) in [7, 11) is 0. The minimum atomic E-state index is -0.148. The number of aryl methyl sites for hydroxylation is 2. The Hall–Kier alpha value is -1.62. The second kappa shape index (κ2) is 9.62. The molecule has 0 saturated carbocycles. The molecule has 1 aliphatic carbocycles. The summed E-state index contributed by atoms with van der Waals surface area (Å²) in [5.74, 6) is 0.425. The fourth-order valence-corrected chi connectivity index (χ4v) is 3.19. The fourth-order valence-electron chi connectivity index (χ4n) is 3.05. The van der Waals surface area contributed by atoms with Gasteiger partial charge in [-0.05, 0) is 67.1 Å². The molecule has 24 heavy (non-hydrogen) atoms. The predicted molar refractivity (Wildman–Crippen MR) is 103 cm³/mol. The van der Waals surface area contributed by atoms with E-state index >= 15 is 0 Å². The van der Waals surface area contributed by atoms with Gasteiger partial charge in [0.1, 0.15) is 0 Å². The predicted octanol–water partition coefficient (Wildman–Crippen LogP) is 3.50. The number of unbranched alkanes of at least 4 members (excludes halogenated alkanes) is 2. The highest BCUT2D eigenvalue weighted by Crippen LogP contribution is 2.22. The van der Waals surface area contributed by atoms with Crippen molar-refractivity contribution in [1.82, 2.24) is 16.2 Å². The van der Waals surface area contributed by atoms with E-state index in [1.54, 1.807) is 0 Å². The lowest BCUT2D eigenvalue weighted by Crippen LogP contribution is -2.47. The largest absolute Gasteiger partial charge is 0.361 e. The zero-order chi connectivity index (χ0) is 17.4. The van der Waals surface area contributed by atoms with Crippen molar-refractivity contribution < 1.29 is 4.79 Å². The van der Waals surface area contributed by atoms with E-state index in [9.17, 15) is 4.79 Å². The molecule has 0 saturated heterocycles. The molecule has 4 nitrogen and oxygen atoms in total. The average molecular weight is 348 g/mol. The van der Waals surface area contributed by atoms with Gasteiger partial charge in [0.25, 0.3) is 5.91 Å². The molecule has 0 aromatic heterocycles. The van der Waals surface area contributed by atoms with Crippen LogP contribution in [0.2, 0.25) is 0 Å². The van der Waals surface area contributed by atoms with E-state index in [2.05, 4.69) is 36.1 Å². The number of benzene rings is 1. The summed E-state index contributed by atoms with van der Waals surface area (Å²) in [4.78, 5) is 12.2. The zero-order valence-corrected chi connectivity index (χ0v) is 15.6. The van der Waals surface area contributed by atoms with Gasteiger partial charge in [0.05, 0.1) is 0 Å². The fraction of sp³-hybridized carbons (Fsp3) is 0.579. The summed E-state index contributed by atoms with van der Waals surface area (Å²) in [5.41, 5.74) is 8.81. The average Bonchev–Trinajstić information content (AvgIpc) is 3.05. The van der Waals surface area contributed by atoms with Gasteiger partial charge < -0.3 is 5.32 Å². The van der Waals surface area contributed by atoms with E-state index in [0.717, 1.165) is 19.4 Å². The Bertz CT molecular complexity index is 574. The summed E-state index contributed by atoms with van der Waals surface area (Å²) in [6.07, 6.45) is 8.36. The number of hydrazine groups is 1. The van der Waals surface area contributed by atoms with E-state index in [0.29, 0.717) is 16.6 Å². The molecule has 1 aromatic rings. The van der Waals surface area contributed by atoms with Crippen molar-refractivity contribution in [3.05, 3.63) is 34.9 Å². The van der Waals surface area contributed by atoms with Crippen molar-refractivity contribution in [2.75, 3.05) is 6.54 Å². The first-order valence-corrected chi connectivity index (χ1v) is 9.47. The Kier molecular flexibility index (Phi) is 7.50. The molecule has 1 aromatic carbocycles. The SMILES string of the molecule is CCCCC[C@@H](C)CNC(=S)NNC(=O)c1ccc2c(c1)CCC2. The molecule has 1 amide bonds. The Balaban J connectivity index is 1.68. The van der Waals surface area contributed by atoms with Crippen LogP contribution in [-0.4, -0.2) is 17.6 Å². The number of nitrogens with one attached hydrogen (secondary N) is 3. The van der Waals surface area contributed by atoms with Crippen LogP contribution in [0, 0.1) is 5.92 Å². The van der Waals surface area contributed by atoms with Crippen molar-refractivity contribution in [3.8, 4) is 0 Å². The molecule has 2 rings (SSSR count). The zero-order valence-electron chi connectivity index (χ0n) is 14.8. The van der Waals surface area contributed by atoms with E-state index in [1.807, 2.05) is 12.1 Å². The van der Waals surface area contributed by atoms with Crippen LogP contribution in [0.15, 0.2) is 18.2 Å². The lowest BCUT2D eigenvalue weighted by Gasteiger charge is -2.15. The number of carbonyl (C=O) groups excluding carboxylic acids is 1. The third kappa shape index (κ3) is 5.78. The Morgan fingerprint density at radius 1 is 1.21 bits per heavy atom. The monoisotopic (exact) mass is 347 g/mol. The van der Waals surface area contributed by atoms with Crippen molar-refractivity contribution in [2.24, 2.45) is 5.92 Å². The summed E-state index contributed by atoms with van der Waals surface area (Å²) < 4.78 is 0. The van der Waals surface area contributed by atoms with Gasteiger partial charge in [-0.2, -0.15) is 0 Å². The molecule has 0 bridgehead atoms. The topological polar surface area (TPSA) is 53.2 Å². The first kappa shape index (κ1) is 18.7. The maximum atomic E-state index is 12.2. The Morgan fingerprint density at radius 2 is 2.00 bits per heavy atom. The molecule has 0 fully saturated rings. The molecular weight excluding hydrogens is 318 g/mol. The van der Waals surface area contributed by atoms with Gasteiger partial charge in [0.2, 0.25) is 0 Å². The number of rotatable bonds is 7. The van der Waals surface area contributed by atoms with Gasteiger partial charge in [-0.3, -0.25) is 15.6 Å². The van der Waals surface area contributed by atoms with Gasteiger partial charge in [-0.1, -0.05) is 39.2 Å². The molecule has 0 unspecified atom stereocenters. The second-order valence-electron chi connectivity index (χ2n) is 6.73. The van der Waals surface area contributed by atoms with E-state index < -0.39 is 0 Å². The molecule has 0 aliphatic heterocycles. The number of amides is 1. The maximum absolute atomic E-state index is 12.2. The van der Waals surface area contributed by atoms with Crippen LogP contribution >= 0.6 is 12.2 Å². The van der Waals surface area contributed by atoms with Crippen LogP contribution in [0.4, 0.5) is 0 Å².